The summed E-state index contributed by atoms with van der Waals surface area (Å²) in [6.45, 7) is 2.29. The lowest BCUT2D eigenvalue weighted by molar-refractivity contribution is -0.114. The van der Waals surface area contributed by atoms with Gasteiger partial charge in [-0.15, -0.1) is 0 Å². The number of rotatable bonds is 2. The van der Waals surface area contributed by atoms with Crippen LogP contribution in [0.4, 0.5) is 0 Å². The van der Waals surface area contributed by atoms with Crippen LogP contribution in [0.5, 0.6) is 0 Å². The molecule has 3 heteroatoms. The van der Waals surface area contributed by atoms with Crippen LogP contribution in [0.1, 0.15) is 73.7 Å². The van der Waals surface area contributed by atoms with E-state index in [1.165, 1.54) is 16.7 Å². The van der Waals surface area contributed by atoms with Gasteiger partial charge in [0.25, 0.3) is 0 Å². The molecule has 0 aliphatic heterocycles. The van der Waals surface area contributed by atoms with Gasteiger partial charge in [0, 0.05) is 17.9 Å². The number of hydrogen-bond acceptors (Lipinski definition) is 3. The molecule has 5 atom stereocenters. The molecular weight excluding hydrogens is 348 g/mol. The standard InChI is InChI=1S/C25H28O3/c1-25-13-21(16-4-2-15(14-26)3-5-16)24-19-9-7-18(27)12-17(19)6-8-20(24)22(25)10-11-23(25)28/h2-5,12,14,20-23,28H,6-11,13H2,1H3/t20-,21+,22-,23-,25-/m0/s1. The lowest BCUT2D eigenvalue weighted by atomic mass is 9.53. The molecule has 0 spiro atoms. The van der Waals surface area contributed by atoms with Gasteiger partial charge in [-0.3, -0.25) is 9.59 Å². The molecule has 28 heavy (non-hydrogen) atoms. The van der Waals surface area contributed by atoms with Gasteiger partial charge in [-0.1, -0.05) is 36.8 Å². The second kappa shape index (κ2) is 6.52. The second-order valence-corrected chi connectivity index (χ2v) is 9.46. The Morgan fingerprint density at radius 3 is 2.61 bits per heavy atom. The summed E-state index contributed by atoms with van der Waals surface area (Å²) in [6, 6.07) is 8.00. The molecule has 0 radical (unpaired) electrons. The van der Waals surface area contributed by atoms with Crippen molar-refractivity contribution >= 4 is 12.1 Å². The summed E-state index contributed by atoms with van der Waals surface area (Å²) < 4.78 is 0. The van der Waals surface area contributed by atoms with Crippen LogP contribution in [-0.4, -0.2) is 23.3 Å². The molecule has 0 heterocycles. The number of hydrogen-bond donors (Lipinski definition) is 1. The van der Waals surface area contributed by atoms with Crippen LogP contribution in [0.3, 0.4) is 0 Å². The third-order valence-electron chi connectivity index (χ3n) is 8.16. The van der Waals surface area contributed by atoms with Gasteiger partial charge < -0.3 is 5.11 Å². The van der Waals surface area contributed by atoms with E-state index in [9.17, 15) is 14.7 Å². The van der Waals surface area contributed by atoms with Gasteiger partial charge in [0.1, 0.15) is 6.29 Å². The molecule has 3 nitrogen and oxygen atoms in total. The second-order valence-electron chi connectivity index (χ2n) is 9.46. The summed E-state index contributed by atoms with van der Waals surface area (Å²) in [4.78, 5) is 23.1. The van der Waals surface area contributed by atoms with Crippen LogP contribution < -0.4 is 0 Å². The highest BCUT2D eigenvalue weighted by Crippen LogP contribution is 2.63. The first-order valence-electron chi connectivity index (χ1n) is 10.7. The molecule has 4 aliphatic rings. The fourth-order valence-electron chi connectivity index (χ4n) is 6.74. The minimum atomic E-state index is -0.231. The number of carbonyl (C=O) groups is 2. The molecule has 1 aromatic carbocycles. The van der Waals surface area contributed by atoms with E-state index in [0.29, 0.717) is 23.8 Å². The van der Waals surface area contributed by atoms with Gasteiger partial charge in [-0.05, 0) is 78.6 Å². The van der Waals surface area contributed by atoms with Crippen molar-refractivity contribution in [1.29, 1.82) is 0 Å². The van der Waals surface area contributed by atoms with E-state index in [0.717, 1.165) is 44.8 Å². The van der Waals surface area contributed by atoms with Crippen molar-refractivity contribution in [2.75, 3.05) is 0 Å². The Hall–Kier alpha value is -2.00. The Morgan fingerprint density at radius 2 is 1.86 bits per heavy atom. The third kappa shape index (κ3) is 2.59. The largest absolute Gasteiger partial charge is 0.393 e. The maximum absolute atomic E-state index is 12.0. The predicted molar refractivity (Wildman–Crippen MR) is 108 cm³/mol. The Bertz CT molecular complexity index is 891. The van der Waals surface area contributed by atoms with E-state index >= 15 is 0 Å². The Morgan fingerprint density at radius 1 is 1.07 bits per heavy atom. The summed E-state index contributed by atoms with van der Waals surface area (Å²) in [5, 5.41) is 10.9. The number of benzene rings is 1. The summed E-state index contributed by atoms with van der Waals surface area (Å²) in [7, 11) is 0. The first-order valence-corrected chi connectivity index (χ1v) is 10.7. The number of aliphatic hydroxyl groups is 1. The average Bonchev–Trinajstić information content (AvgIpc) is 3.01. The Labute approximate surface area is 166 Å². The number of fused-ring (bicyclic) bond motifs is 4. The van der Waals surface area contributed by atoms with Crippen molar-refractivity contribution in [2.24, 2.45) is 17.3 Å². The highest BCUT2D eigenvalue weighted by molar-refractivity contribution is 5.93. The van der Waals surface area contributed by atoms with Crippen LogP contribution in [0.2, 0.25) is 0 Å². The van der Waals surface area contributed by atoms with E-state index in [2.05, 4.69) is 19.1 Å². The van der Waals surface area contributed by atoms with Crippen LogP contribution in [0.15, 0.2) is 47.1 Å². The SMILES string of the molecule is C[C@]12C[C@H](c3ccc(C=O)cc3)C3=C4CCC(=O)C=C4CC[C@H]3[C@@H]1CC[C@@H]2O. The maximum atomic E-state index is 12.0. The van der Waals surface area contributed by atoms with Crippen molar-refractivity contribution in [1.82, 2.24) is 0 Å². The number of allylic oxidation sites excluding steroid dienone is 4. The molecule has 1 N–H and O–H groups in total. The molecule has 146 valence electrons. The number of ketones is 1. The monoisotopic (exact) mass is 376 g/mol. The van der Waals surface area contributed by atoms with E-state index in [1.54, 1.807) is 5.57 Å². The van der Waals surface area contributed by atoms with Crippen LogP contribution >= 0.6 is 0 Å². The molecular formula is C25H28O3. The zero-order valence-corrected chi connectivity index (χ0v) is 16.5. The fraction of sp³-hybridized carbons (Fsp3) is 0.520. The van der Waals surface area contributed by atoms with Crippen LogP contribution in [-0.2, 0) is 4.79 Å². The minimum absolute atomic E-state index is 0.0472. The van der Waals surface area contributed by atoms with Gasteiger partial charge in [-0.25, -0.2) is 0 Å². The predicted octanol–water partition coefficient (Wildman–Crippen LogP) is 4.76. The summed E-state index contributed by atoms with van der Waals surface area (Å²) >= 11 is 0. The maximum Gasteiger partial charge on any atom is 0.156 e. The Kier molecular flexibility index (Phi) is 4.20. The van der Waals surface area contributed by atoms with Gasteiger partial charge in [0.05, 0.1) is 6.10 Å². The van der Waals surface area contributed by atoms with Crippen molar-refractivity contribution in [2.45, 2.75) is 63.9 Å². The minimum Gasteiger partial charge on any atom is -0.393 e. The van der Waals surface area contributed by atoms with Crippen molar-refractivity contribution < 1.29 is 14.7 Å². The first kappa shape index (κ1) is 18.1. The van der Waals surface area contributed by atoms with Gasteiger partial charge in [0.2, 0.25) is 0 Å². The normalized spacial score (nSPS) is 37.1. The van der Waals surface area contributed by atoms with Crippen molar-refractivity contribution in [3.8, 4) is 0 Å². The third-order valence-corrected chi connectivity index (χ3v) is 8.16. The molecule has 2 saturated carbocycles. The fourth-order valence-corrected chi connectivity index (χ4v) is 6.74. The molecule has 5 rings (SSSR count). The molecule has 4 aliphatic carbocycles. The molecule has 0 saturated heterocycles. The van der Waals surface area contributed by atoms with E-state index in [-0.39, 0.29) is 23.2 Å². The molecule has 0 aromatic heterocycles. The quantitative estimate of drug-likeness (QED) is 0.757. The van der Waals surface area contributed by atoms with Crippen LogP contribution in [0, 0.1) is 17.3 Å². The summed E-state index contributed by atoms with van der Waals surface area (Å²) in [5.74, 6) is 1.58. The molecule has 0 unspecified atom stereocenters. The molecule has 0 amide bonds. The molecule has 0 bridgehead atoms. The van der Waals surface area contributed by atoms with Crippen LogP contribution in [0.25, 0.3) is 0 Å². The lowest BCUT2D eigenvalue weighted by Gasteiger charge is -2.52. The first-order chi connectivity index (χ1) is 13.5. The van der Waals surface area contributed by atoms with Gasteiger partial charge in [0.15, 0.2) is 5.78 Å². The van der Waals surface area contributed by atoms with E-state index in [1.807, 2.05) is 18.2 Å². The zero-order chi connectivity index (χ0) is 19.5. The Balaban J connectivity index is 1.67. The number of carbonyl (C=O) groups excluding carboxylic acids is 2. The molecule has 1 aromatic rings. The smallest absolute Gasteiger partial charge is 0.156 e. The highest BCUT2D eigenvalue weighted by atomic mass is 16.3. The topological polar surface area (TPSA) is 54.4 Å². The van der Waals surface area contributed by atoms with Crippen molar-refractivity contribution in [3.05, 3.63) is 58.2 Å². The van der Waals surface area contributed by atoms with Gasteiger partial charge in [-0.2, -0.15) is 0 Å². The zero-order valence-electron chi connectivity index (χ0n) is 16.5. The highest BCUT2D eigenvalue weighted by Gasteiger charge is 2.56. The van der Waals surface area contributed by atoms with Crippen molar-refractivity contribution in [3.63, 3.8) is 0 Å². The molecule has 2 fully saturated rings. The van der Waals surface area contributed by atoms with E-state index in [4.69, 9.17) is 0 Å². The number of aldehydes is 1. The average molecular weight is 376 g/mol. The number of aliphatic hydroxyl groups excluding tert-OH is 1. The summed E-state index contributed by atoms with van der Waals surface area (Å²) in [6.07, 6.45) is 9.09. The summed E-state index contributed by atoms with van der Waals surface area (Å²) in [5.41, 5.74) is 6.14. The van der Waals surface area contributed by atoms with E-state index < -0.39 is 0 Å². The van der Waals surface area contributed by atoms with Gasteiger partial charge >= 0.3 is 0 Å². The lowest BCUT2D eigenvalue weighted by Crippen LogP contribution is -2.45.